The van der Waals surface area contributed by atoms with Crippen LogP contribution in [0.15, 0.2) is 73.1 Å². The van der Waals surface area contributed by atoms with Crippen LogP contribution in [-0.4, -0.2) is 24.9 Å². The first-order valence-corrected chi connectivity index (χ1v) is 12.4. The molecule has 0 radical (unpaired) electrons. The van der Waals surface area contributed by atoms with Gasteiger partial charge in [-0.1, -0.05) is 44.0 Å². The molecule has 0 aliphatic carbocycles. The molecule has 2 atom stereocenters. The van der Waals surface area contributed by atoms with E-state index in [1.165, 1.54) is 0 Å². The average Bonchev–Trinajstić information content (AvgIpc) is 3.24. The van der Waals surface area contributed by atoms with Gasteiger partial charge < -0.3 is 14.2 Å². The molecule has 0 fully saturated rings. The van der Waals surface area contributed by atoms with E-state index in [1.807, 2.05) is 36.4 Å². The maximum absolute atomic E-state index is 6.54. The van der Waals surface area contributed by atoms with E-state index in [2.05, 4.69) is 71.0 Å². The van der Waals surface area contributed by atoms with Crippen molar-refractivity contribution in [2.75, 3.05) is 14.2 Å². The number of methoxy groups -OCH3 is 2. The summed E-state index contributed by atoms with van der Waals surface area (Å²) in [6.07, 6.45) is 0.378. The summed E-state index contributed by atoms with van der Waals surface area (Å²) in [6.45, 7) is 0. The van der Waals surface area contributed by atoms with Crippen LogP contribution in [0, 0.1) is 0 Å². The topological polar surface area (TPSA) is 43.3 Å². The normalized spacial score (nSPS) is 19.0. The lowest BCUT2D eigenvalue weighted by atomic mass is 9.96. The van der Waals surface area contributed by atoms with E-state index >= 15 is 0 Å². The second-order valence-electron chi connectivity index (χ2n) is 7.54. The zero-order chi connectivity index (χ0) is 22.4. The first-order valence-electron chi connectivity index (χ1n) is 9.97. The Bertz CT molecular complexity index is 1210. The van der Waals surface area contributed by atoms with Crippen molar-refractivity contribution in [3.05, 3.63) is 84.7 Å². The molecule has 2 aliphatic rings. The minimum absolute atomic E-state index is 0.0456. The quantitative estimate of drug-likeness (QED) is 0.308. The van der Waals surface area contributed by atoms with E-state index in [-0.39, 0.29) is 6.04 Å². The fraction of sp³-hybridized carbons (Fsp3) is 0.208. The summed E-state index contributed by atoms with van der Waals surface area (Å²) in [5.74, 6) is 2.17. The van der Waals surface area contributed by atoms with Crippen LogP contribution < -0.4 is 14.2 Å². The Morgan fingerprint density at radius 2 is 1.66 bits per heavy atom. The summed E-state index contributed by atoms with van der Waals surface area (Å²) >= 11 is 10.8. The number of hydrogen-bond donors (Lipinski definition) is 0. The zero-order valence-electron chi connectivity index (χ0n) is 17.3. The summed E-state index contributed by atoms with van der Waals surface area (Å²) in [6, 6.07) is 18.3. The van der Waals surface area contributed by atoms with Crippen molar-refractivity contribution in [2.24, 2.45) is 5.10 Å². The maximum atomic E-state index is 6.54. The summed E-state index contributed by atoms with van der Waals surface area (Å²) in [5, 5.41) is 7.09. The zero-order valence-corrected chi connectivity index (χ0v) is 22.1. The van der Waals surface area contributed by atoms with E-state index in [4.69, 9.17) is 19.3 Å². The van der Waals surface area contributed by atoms with Gasteiger partial charge >= 0.3 is 0 Å². The molecule has 32 heavy (non-hydrogen) atoms. The van der Waals surface area contributed by atoms with Crippen molar-refractivity contribution in [2.45, 2.75) is 18.7 Å². The van der Waals surface area contributed by atoms with Crippen LogP contribution >= 0.6 is 47.8 Å². The van der Waals surface area contributed by atoms with Gasteiger partial charge in [0, 0.05) is 26.5 Å². The Morgan fingerprint density at radius 1 is 0.906 bits per heavy atom. The molecule has 3 aromatic rings. The lowest BCUT2D eigenvalue weighted by Crippen LogP contribution is -2.34. The van der Waals surface area contributed by atoms with Gasteiger partial charge in [-0.15, -0.1) is 0 Å². The van der Waals surface area contributed by atoms with Crippen molar-refractivity contribution < 1.29 is 14.2 Å². The molecule has 0 spiro atoms. The third-order valence-electron chi connectivity index (χ3n) is 5.68. The van der Waals surface area contributed by atoms with Gasteiger partial charge in [0.1, 0.15) is 5.75 Å². The highest BCUT2D eigenvalue weighted by Gasteiger charge is 2.42. The smallest absolute Gasteiger partial charge is 0.214 e. The molecule has 0 saturated heterocycles. The van der Waals surface area contributed by atoms with Gasteiger partial charge in [-0.25, -0.2) is 5.01 Å². The third kappa shape index (κ3) is 3.82. The lowest BCUT2D eigenvalue weighted by Gasteiger charge is -2.38. The number of rotatable bonds is 4. The molecule has 0 unspecified atom stereocenters. The average molecular weight is 623 g/mol. The van der Waals surface area contributed by atoms with Crippen LogP contribution in [-0.2, 0) is 0 Å². The molecule has 0 N–H and O–H groups in total. The first-order chi connectivity index (χ1) is 15.5. The Balaban J connectivity index is 1.62. The Labute approximate surface area is 211 Å². The Morgan fingerprint density at radius 3 is 2.38 bits per heavy atom. The van der Waals surface area contributed by atoms with E-state index in [9.17, 15) is 0 Å². The molecular formula is C24H19Br3N2O3. The standard InChI is InChI=1S/C24H19Br3N2O3/c1-30-21-8-5-14(9-22(21)31-2)24-29-20(17-10-16(26)11-18(27)23(17)32-24)12-19(28-29)13-3-6-15(25)7-4-13/h3-11,20,24H,12H2,1-2H3/t20-,24+/m1/s1. The van der Waals surface area contributed by atoms with Crippen LogP contribution in [0.3, 0.4) is 0 Å². The van der Waals surface area contributed by atoms with Crippen LogP contribution in [0.25, 0.3) is 0 Å². The first kappa shape index (κ1) is 21.8. The van der Waals surface area contributed by atoms with Crippen LogP contribution in [0.1, 0.15) is 35.4 Å². The predicted octanol–water partition coefficient (Wildman–Crippen LogP) is 7.23. The van der Waals surface area contributed by atoms with E-state index in [0.717, 1.165) is 48.0 Å². The minimum atomic E-state index is -0.405. The fourth-order valence-corrected chi connectivity index (χ4v) is 5.77. The molecule has 164 valence electrons. The molecule has 5 rings (SSSR count). The molecule has 2 heterocycles. The summed E-state index contributed by atoms with van der Waals surface area (Å²) < 4.78 is 20.4. The monoisotopic (exact) mass is 620 g/mol. The van der Waals surface area contributed by atoms with Crippen molar-refractivity contribution in [1.82, 2.24) is 5.01 Å². The highest BCUT2D eigenvalue weighted by atomic mass is 79.9. The second kappa shape index (κ2) is 8.72. The summed E-state index contributed by atoms with van der Waals surface area (Å²) in [7, 11) is 3.26. The second-order valence-corrected chi connectivity index (χ2v) is 10.2. The van der Waals surface area contributed by atoms with Crippen LogP contribution in [0.5, 0.6) is 17.2 Å². The molecule has 0 aromatic heterocycles. The van der Waals surface area contributed by atoms with Gasteiger partial charge in [0.15, 0.2) is 11.5 Å². The minimum Gasteiger partial charge on any atom is -0.493 e. The largest absolute Gasteiger partial charge is 0.493 e. The van der Waals surface area contributed by atoms with Gasteiger partial charge in [0.05, 0.1) is 30.4 Å². The fourth-order valence-electron chi connectivity index (χ4n) is 4.16. The van der Waals surface area contributed by atoms with E-state index in [1.54, 1.807) is 14.2 Å². The highest BCUT2D eigenvalue weighted by Crippen LogP contribution is 2.51. The molecule has 3 aromatic carbocycles. The molecule has 0 saturated carbocycles. The van der Waals surface area contributed by atoms with Crippen molar-refractivity contribution in [3.8, 4) is 17.2 Å². The number of ether oxygens (including phenoxy) is 3. The van der Waals surface area contributed by atoms with Gasteiger partial charge in [0.25, 0.3) is 0 Å². The van der Waals surface area contributed by atoms with Gasteiger partial charge in [-0.3, -0.25) is 0 Å². The van der Waals surface area contributed by atoms with E-state index < -0.39 is 6.23 Å². The highest BCUT2D eigenvalue weighted by molar-refractivity contribution is 9.11. The predicted molar refractivity (Wildman–Crippen MR) is 135 cm³/mol. The SMILES string of the molecule is COc1ccc([C@@H]2Oc3c(Br)cc(Br)cc3[C@H]3CC(c4ccc(Br)cc4)=NN32)cc1OC. The van der Waals surface area contributed by atoms with Crippen molar-refractivity contribution in [1.29, 1.82) is 0 Å². The lowest BCUT2D eigenvalue weighted by molar-refractivity contribution is -0.0198. The van der Waals surface area contributed by atoms with E-state index in [0.29, 0.717) is 11.5 Å². The molecule has 0 amide bonds. The van der Waals surface area contributed by atoms with Gasteiger partial charge in [-0.2, -0.15) is 5.10 Å². The molecule has 8 heteroatoms. The number of hydrogen-bond acceptors (Lipinski definition) is 5. The number of benzene rings is 3. The summed E-state index contributed by atoms with van der Waals surface area (Å²) in [4.78, 5) is 0. The molecule has 2 aliphatic heterocycles. The number of halogens is 3. The molecule has 0 bridgehead atoms. The van der Waals surface area contributed by atoms with Gasteiger partial charge in [-0.05, 0) is 64.0 Å². The molecule has 5 nitrogen and oxygen atoms in total. The maximum Gasteiger partial charge on any atom is 0.214 e. The van der Waals surface area contributed by atoms with Crippen molar-refractivity contribution >= 4 is 53.5 Å². The number of hydrazone groups is 1. The Kier molecular flexibility index (Phi) is 5.94. The Hall–Kier alpha value is -2.03. The third-order valence-corrected chi connectivity index (χ3v) is 7.25. The van der Waals surface area contributed by atoms with Gasteiger partial charge in [0.2, 0.25) is 6.23 Å². The van der Waals surface area contributed by atoms with Crippen molar-refractivity contribution in [3.63, 3.8) is 0 Å². The van der Waals surface area contributed by atoms with Crippen LogP contribution in [0.4, 0.5) is 0 Å². The number of nitrogens with zero attached hydrogens (tertiary/aromatic N) is 2. The molecular weight excluding hydrogens is 604 g/mol. The number of fused-ring (bicyclic) bond motifs is 3. The van der Waals surface area contributed by atoms with Crippen LogP contribution in [0.2, 0.25) is 0 Å². The summed E-state index contributed by atoms with van der Waals surface area (Å²) in [5.41, 5.74) is 4.16.